The summed E-state index contributed by atoms with van der Waals surface area (Å²) in [5.41, 5.74) is 1.34. The molecule has 0 bridgehead atoms. The van der Waals surface area contributed by atoms with Gasteiger partial charge in [-0.15, -0.1) is 24.0 Å². The standard InChI is InChI=1S/C20H33N5O.HI/c1-4-21-20(25-15-13-24(14-16-25)18(2)26)22-11-8-12-23(3)17-19-9-6-5-7-10-19;/h5-7,9-10H,4,8,11-17H2,1-3H3,(H,21,22);1H. The van der Waals surface area contributed by atoms with E-state index in [2.05, 4.69) is 59.4 Å². The molecule has 0 aromatic heterocycles. The van der Waals surface area contributed by atoms with Gasteiger partial charge in [0.1, 0.15) is 0 Å². The summed E-state index contributed by atoms with van der Waals surface area (Å²) >= 11 is 0. The van der Waals surface area contributed by atoms with Crippen molar-refractivity contribution in [2.24, 2.45) is 4.99 Å². The van der Waals surface area contributed by atoms with E-state index in [4.69, 9.17) is 4.99 Å². The second-order valence-corrected chi connectivity index (χ2v) is 6.81. The van der Waals surface area contributed by atoms with Crippen molar-refractivity contribution < 1.29 is 4.79 Å². The molecule has 0 unspecified atom stereocenters. The minimum atomic E-state index is 0. The molecular weight excluding hydrogens is 453 g/mol. The van der Waals surface area contributed by atoms with Crippen LogP contribution in [0.2, 0.25) is 0 Å². The average molecular weight is 487 g/mol. The Kier molecular flexibility index (Phi) is 11.3. The van der Waals surface area contributed by atoms with Crippen LogP contribution in [0.3, 0.4) is 0 Å². The fraction of sp³-hybridized carbons (Fsp3) is 0.600. The fourth-order valence-electron chi connectivity index (χ4n) is 3.16. The van der Waals surface area contributed by atoms with Gasteiger partial charge >= 0.3 is 0 Å². The number of hydrogen-bond acceptors (Lipinski definition) is 3. The molecule has 0 atom stereocenters. The summed E-state index contributed by atoms with van der Waals surface area (Å²) in [6.07, 6.45) is 1.03. The van der Waals surface area contributed by atoms with Gasteiger partial charge in [-0.3, -0.25) is 9.79 Å². The van der Waals surface area contributed by atoms with Crippen LogP contribution >= 0.6 is 24.0 Å². The second kappa shape index (κ2) is 12.9. The lowest BCUT2D eigenvalue weighted by Crippen LogP contribution is -2.53. The third kappa shape index (κ3) is 8.47. The van der Waals surface area contributed by atoms with E-state index in [0.29, 0.717) is 0 Å². The largest absolute Gasteiger partial charge is 0.357 e. The van der Waals surface area contributed by atoms with E-state index in [1.54, 1.807) is 6.92 Å². The first kappa shape index (κ1) is 23.7. The van der Waals surface area contributed by atoms with Gasteiger partial charge < -0.3 is 20.0 Å². The Bertz CT molecular complexity index is 573. The predicted octanol–water partition coefficient (Wildman–Crippen LogP) is 2.26. The molecule has 1 aromatic rings. The average Bonchev–Trinajstić information content (AvgIpc) is 2.65. The highest BCUT2D eigenvalue weighted by Gasteiger charge is 2.20. The lowest BCUT2D eigenvalue weighted by Gasteiger charge is -2.36. The third-order valence-corrected chi connectivity index (χ3v) is 4.61. The summed E-state index contributed by atoms with van der Waals surface area (Å²) in [6, 6.07) is 10.6. The van der Waals surface area contributed by atoms with Gasteiger partial charge in [0, 0.05) is 52.7 Å². The molecule has 1 heterocycles. The SMILES string of the molecule is CCNC(=NCCCN(C)Cc1ccccc1)N1CCN(C(C)=O)CC1.I. The van der Waals surface area contributed by atoms with Crippen LogP contribution in [0.5, 0.6) is 0 Å². The number of piperazine rings is 1. The number of aliphatic imine (C=N–C) groups is 1. The molecule has 1 N–H and O–H groups in total. The van der Waals surface area contributed by atoms with Crippen LogP contribution in [-0.4, -0.2) is 79.4 Å². The van der Waals surface area contributed by atoms with Crippen LogP contribution in [-0.2, 0) is 11.3 Å². The number of carbonyl (C=O) groups is 1. The van der Waals surface area contributed by atoms with Gasteiger partial charge in [0.2, 0.25) is 5.91 Å². The first-order chi connectivity index (χ1) is 12.6. The third-order valence-electron chi connectivity index (χ3n) is 4.61. The number of halogens is 1. The van der Waals surface area contributed by atoms with Crippen LogP contribution in [0, 0.1) is 0 Å². The zero-order valence-electron chi connectivity index (χ0n) is 16.9. The Hall–Kier alpha value is -1.35. The normalized spacial score (nSPS) is 14.9. The lowest BCUT2D eigenvalue weighted by molar-refractivity contribution is -0.130. The number of benzene rings is 1. The summed E-state index contributed by atoms with van der Waals surface area (Å²) < 4.78 is 0. The molecule has 7 heteroatoms. The van der Waals surface area contributed by atoms with Crippen molar-refractivity contribution in [3.05, 3.63) is 35.9 Å². The number of rotatable bonds is 7. The van der Waals surface area contributed by atoms with Crippen molar-refractivity contribution in [3.8, 4) is 0 Å². The molecule has 0 saturated carbocycles. The van der Waals surface area contributed by atoms with Crippen molar-refractivity contribution in [1.82, 2.24) is 20.0 Å². The zero-order chi connectivity index (χ0) is 18.8. The van der Waals surface area contributed by atoms with Gasteiger partial charge in [-0.25, -0.2) is 0 Å². The molecule has 1 saturated heterocycles. The van der Waals surface area contributed by atoms with Crippen LogP contribution in [0.4, 0.5) is 0 Å². The van der Waals surface area contributed by atoms with Gasteiger partial charge in [-0.2, -0.15) is 0 Å². The Labute approximate surface area is 181 Å². The summed E-state index contributed by atoms with van der Waals surface area (Å²) in [7, 11) is 2.16. The van der Waals surface area contributed by atoms with Crippen molar-refractivity contribution in [2.75, 3.05) is 52.9 Å². The van der Waals surface area contributed by atoms with Crippen LogP contribution in [0.15, 0.2) is 35.3 Å². The molecule has 152 valence electrons. The maximum absolute atomic E-state index is 11.5. The maximum Gasteiger partial charge on any atom is 0.219 e. The van der Waals surface area contributed by atoms with Crippen molar-refractivity contribution in [3.63, 3.8) is 0 Å². The Morgan fingerprint density at radius 2 is 1.78 bits per heavy atom. The number of carbonyl (C=O) groups excluding carboxylic acids is 1. The van der Waals surface area contributed by atoms with E-state index in [9.17, 15) is 4.79 Å². The molecule has 6 nitrogen and oxygen atoms in total. The van der Waals surface area contributed by atoms with Gasteiger partial charge in [0.15, 0.2) is 5.96 Å². The first-order valence-electron chi connectivity index (χ1n) is 9.61. The summed E-state index contributed by atoms with van der Waals surface area (Å²) in [6.45, 7) is 10.6. The van der Waals surface area contributed by atoms with Crippen LogP contribution < -0.4 is 5.32 Å². The number of nitrogens with one attached hydrogen (secondary N) is 1. The Balaban J connectivity index is 0.00000364. The fourth-order valence-corrected chi connectivity index (χ4v) is 3.16. The number of amides is 1. The predicted molar refractivity (Wildman–Crippen MR) is 123 cm³/mol. The second-order valence-electron chi connectivity index (χ2n) is 6.81. The topological polar surface area (TPSA) is 51.2 Å². The Morgan fingerprint density at radius 1 is 1.15 bits per heavy atom. The first-order valence-corrected chi connectivity index (χ1v) is 9.61. The van der Waals surface area contributed by atoms with E-state index in [1.165, 1.54) is 5.56 Å². The summed E-state index contributed by atoms with van der Waals surface area (Å²) in [4.78, 5) is 22.7. The molecule has 1 aliphatic heterocycles. The zero-order valence-corrected chi connectivity index (χ0v) is 19.2. The molecule has 1 aromatic carbocycles. The maximum atomic E-state index is 11.5. The Morgan fingerprint density at radius 3 is 2.37 bits per heavy atom. The highest BCUT2D eigenvalue weighted by atomic mass is 127. The molecule has 0 spiro atoms. The molecule has 1 aliphatic rings. The molecule has 2 rings (SSSR count). The molecule has 0 radical (unpaired) electrons. The van der Waals surface area contributed by atoms with Gasteiger partial charge in [0.25, 0.3) is 0 Å². The van der Waals surface area contributed by atoms with Gasteiger partial charge in [-0.1, -0.05) is 30.3 Å². The smallest absolute Gasteiger partial charge is 0.219 e. The van der Waals surface area contributed by atoms with E-state index in [0.717, 1.165) is 64.7 Å². The molecular formula is C20H34IN5O. The van der Waals surface area contributed by atoms with Crippen molar-refractivity contribution in [1.29, 1.82) is 0 Å². The lowest BCUT2D eigenvalue weighted by atomic mass is 10.2. The van der Waals surface area contributed by atoms with Crippen molar-refractivity contribution in [2.45, 2.75) is 26.8 Å². The minimum Gasteiger partial charge on any atom is -0.357 e. The summed E-state index contributed by atoms with van der Waals surface area (Å²) in [5.74, 6) is 1.13. The monoisotopic (exact) mass is 487 g/mol. The summed E-state index contributed by atoms with van der Waals surface area (Å²) in [5, 5.41) is 3.38. The highest BCUT2D eigenvalue weighted by molar-refractivity contribution is 14.0. The van der Waals surface area contributed by atoms with Gasteiger partial charge in [-0.05, 0) is 32.5 Å². The number of hydrogen-bond donors (Lipinski definition) is 1. The molecule has 1 amide bonds. The van der Waals surface area contributed by atoms with Crippen LogP contribution in [0.25, 0.3) is 0 Å². The molecule has 0 aliphatic carbocycles. The molecule has 27 heavy (non-hydrogen) atoms. The van der Waals surface area contributed by atoms with E-state index < -0.39 is 0 Å². The highest BCUT2D eigenvalue weighted by Crippen LogP contribution is 2.05. The van der Waals surface area contributed by atoms with E-state index in [-0.39, 0.29) is 29.9 Å². The quantitative estimate of drug-likeness (QED) is 0.278. The van der Waals surface area contributed by atoms with Gasteiger partial charge in [0.05, 0.1) is 0 Å². The molecule has 1 fully saturated rings. The van der Waals surface area contributed by atoms with Crippen LogP contribution in [0.1, 0.15) is 25.8 Å². The number of nitrogens with zero attached hydrogens (tertiary/aromatic N) is 4. The van der Waals surface area contributed by atoms with E-state index in [1.807, 2.05) is 4.90 Å². The van der Waals surface area contributed by atoms with E-state index >= 15 is 0 Å². The minimum absolute atomic E-state index is 0. The number of guanidine groups is 1. The van der Waals surface area contributed by atoms with Crippen molar-refractivity contribution >= 4 is 35.8 Å².